The molecule has 1 aliphatic heterocycles. The van der Waals surface area contributed by atoms with Crippen LogP contribution in [0.3, 0.4) is 0 Å². The molecule has 1 aromatic carbocycles. The van der Waals surface area contributed by atoms with Crippen molar-refractivity contribution in [1.82, 2.24) is 9.62 Å². The number of rotatable bonds is 7. The molecule has 7 heteroatoms. The molecule has 0 spiro atoms. The summed E-state index contributed by atoms with van der Waals surface area (Å²) in [7, 11) is 0.130. The van der Waals surface area contributed by atoms with Crippen LogP contribution in [0.15, 0.2) is 29.2 Å². The normalized spacial score (nSPS) is 19.1. The summed E-state index contributed by atoms with van der Waals surface area (Å²) in [4.78, 5) is 0.381. The van der Waals surface area contributed by atoms with Gasteiger partial charge in [0, 0.05) is 26.2 Å². The smallest absolute Gasteiger partial charge is 0.243 e. The summed E-state index contributed by atoms with van der Waals surface area (Å²) < 4.78 is 32.1. The van der Waals surface area contributed by atoms with Crippen molar-refractivity contribution in [3.63, 3.8) is 0 Å². The maximum absolute atomic E-state index is 12.7. The fraction of sp³-hybridized carbons (Fsp3) is 0.600. The zero-order valence-electron chi connectivity index (χ0n) is 13.1. The van der Waals surface area contributed by atoms with Crippen molar-refractivity contribution in [3.8, 4) is 0 Å². The monoisotopic (exact) mass is 348 g/mol. The quantitative estimate of drug-likeness (QED) is 0.814. The van der Waals surface area contributed by atoms with Gasteiger partial charge in [-0.2, -0.15) is 4.31 Å². The first-order chi connectivity index (χ1) is 10.1. The second-order valence-electron chi connectivity index (χ2n) is 5.36. The third kappa shape index (κ3) is 4.43. The molecule has 0 bridgehead atoms. The second-order valence-corrected chi connectivity index (χ2v) is 7.25. The lowest BCUT2D eigenvalue weighted by atomic mass is 10.2. The number of nitrogens with zero attached hydrogens (tertiary/aromatic N) is 1. The average molecular weight is 349 g/mol. The molecule has 1 aliphatic rings. The van der Waals surface area contributed by atoms with E-state index in [1.165, 1.54) is 0 Å². The Bertz CT molecular complexity index is 548. The number of methoxy groups -OCH3 is 1. The number of halogens is 1. The predicted octanol–water partition coefficient (Wildman–Crippen LogP) is 1.67. The Morgan fingerprint density at radius 1 is 1.32 bits per heavy atom. The zero-order valence-corrected chi connectivity index (χ0v) is 14.8. The molecule has 2 rings (SSSR count). The Kier molecular flexibility index (Phi) is 7.79. The SMILES string of the molecule is CNCC1CCCN1S(=O)(=O)c1ccc(CCOC)cc1.Cl. The van der Waals surface area contributed by atoms with E-state index in [4.69, 9.17) is 4.74 Å². The van der Waals surface area contributed by atoms with E-state index < -0.39 is 10.0 Å². The maximum atomic E-state index is 12.7. The highest BCUT2D eigenvalue weighted by Crippen LogP contribution is 2.25. The highest BCUT2D eigenvalue weighted by Gasteiger charge is 2.34. The van der Waals surface area contributed by atoms with Crippen molar-refractivity contribution in [1.29, 1.82) is 0 Å². The van der Waals surface area contributed by atoms with E-state index in [1.807, 2.05) is 19.2 Å². The molecule has 1 atom stereocenters. The van der Waals surface area contributed by atoms with Crippen LogP contribution in [0.4, 0.5) is 0 Å². The van der Waals surface area contributed by atoms with E-state index in [0.717, 1.165) is 24.8 Å². The molecule has 1 saturated heterocycles. The molecule has 0 saturated carbocycles. The lowest BCUT2D eigenvalue weighted by Crippen LogP contribution is -2.40. The predicted molar refractivity (Wildman–Crippen MR) is 90.1 cm³/mol. The Morgan fingerprint density at radius 3 is 2.59 bits per heavy atom. The average Bonchev–Trinajstić information content (AvgIpc) is 2.95. The van der Waals surface area contributed by atoms with Gasteiger partial charge in [-0.3, -0.25) is 0 Å². The van der Waals surface area contributed by atoms with Crippen molar-refractivity contribution in [2.45, 2.75) is 30.2 Å². The summed E-state index contributed by atoms with van der Waals surface area (Å²) in [5.41, 5.74) is 1.09. The van der Waals surface area contributed by atoms with E-state index in [2.05, 4.69) is 5.32 Å². The van der Waals surface area contributed by atoms with Gasteiger partial charge in [-0.1, -0.05) is 12.1 Å². The number of nitrogens with one attached hydrogen (secondary N) is 1. The van der Waals surface area contributed by atoms with Gasteiger partial charge in [0.15, 0.2) is 0 Å². The lowest BCUT2D eigenvalue weighted by Gasteiger charge is -2.24. The first kappa shape index (κ1) is 19.4. The summed E-state index contributed by atoms with van der Waals surface area (Å²) in [6, 6.07) is 7.21. The molecule has 1 N–H and O–H groups in total. The third-order valence-electron chi connectivity index (χ3n) is 3.89. The van der Waals surface area contributed by atoms with Gasteiger partial charge in [-0.25, -0.2) is 8.42 Å². The molecule has 0 radical (unpaired) electrons. The molecule has 22 heavy (non-hydrogen) atoms. The van der Waals surface area contributed by atoms with Gasteiger partial charge in [0.05, 0.1) is 11.5 Å². The fourth-order valence-corrected chi connectivity index (χ4v) is 4.44. The van der Waals surface area contributed by atoms with Crippen LogP contribution in [0.2, 0.25) is 0 Å². The number of benzene rings is 1. The number of hydrogen-bond acceptors (Lipinski definition) is 4. The molecular weight excluding hydrogens is 324 g/mol. The van der Waals surface area contributed by atoms with Crippen LogP contribution in [0.5, 0.6) is 0 Å². The molecule has 0 aromatic heterocycles. The molecule has 0 amide bonds. The minimum atomic E-state index is -3.39. The first-order valence-corrected chi connectivity index (χ1v) is 8.78. The van der Waals surface area contributed by atoms with Crippen molar-refractivity contribution in [2.75, 3.05) is 33.9 Å². The fourth-order valence-electron chi connectivity index (χ4n) is 2.75. The van der Waals surface area contributed by atoms with Gasteiger partial charge in [-0.15, -0.1) is 12.4 Å². The molecule has 1 fully saturated rings. The standard InChI is InChI=1S/C15H24N2O3S.ClH/c1-16-12-14-4-3-10-17(14)21(18,19)15-7-5-13(6-8-15)9-11-20-2;/h5-8,14,16H,3-4,9-12H2,1-2H3;1H. The van der Waals surface area contributed by atoms with Crippen molar-refractivity contribution in [3.05, 3.63) is 29.8 Å². The summed E-state index contributed by atoms with van der Waals surface area (Å²) in [5.74, 6) is 0. The Labute approximate surface area is 139 Å². The van der Waals surface area contributed by atoms with E-state index in [0.29, 0.717) is 24.6 Å². The first-order valence-electron chi connectivity index (χ1n) is 7.34. The second kappa shape index (κ2) is 8.84. The van der Waals surface area contributed by atoms with Crippen molar-refractivity contribution < 1.29 is 13.2 Å². The Hall–Kier alpha value is -0.660. The van der Waals surface area contributed by atoms with Crippen LogP contribution in [0.25, 0.3) is 0 Å². The molecule has 126 valence electrons. The third-order valence-corrected chi connectivity index (χ3v) is 5.85. The number of ether oxygens (including phenoxy) is 1. The summed E-state index contributed by atoms with van der Waals surface area (Å²) in [6.45, 7) is 1.95. The van der Waals surface area contributed by atoms with Crippen molar-refractivity contribution >= 4 is 22.4 Å². The van der Waals surface area contributed by atoms with Crippen molar-refractivity contribution in [2.24, 2.45) is 0 Å². The van der Waals surface area contributed by atoms with Crippen LogP contribution < -0.4 is 5.32 Å². The number of likely N-dealkylation sites (N-methyl/N-ethyl adjacent to an activating group) is 1. The largest absolute Gasteiger partial charge is 0.384 e. The Balaban J connectivity index is 0.00000242. The van der Waals surface area contributed by atoms with Crippen LogP contribution in [-0.4, -0.2) is 52.6 Å². The van der Waals surface area contributed by atoms with E-state index in [9.17, 15) is 8.42 Å². The number of hydrogen-bond donors (Lipinski definition) is 1. The van der Waals surface area contributed by atoms with E-state index >= 15 is 0 Å². The van der Waals surface area contributed by atoms with Crippen LogP contribution >= 0.6 is 12.4 Å². The molecule has 1 unspecified atom stereocenters. The molecule has 1 heterocycles. The number of sulfonamides is 1. The van der Waals surface area contributed by atoms with Gasteiger partial charge in [0.1, 0.15) is 0 Å². The van der Waals surface area contributed by atoms with Crippen LogP contribution in [-0.2, 0) is 21.2 Å². The summed E-state index contributed by atoms with van der Waals surface area (Å²) in [5, 5.41) is 3.08. The molecule has 1 aromatic rings. The van der Waals surface area contributed by atoms with Gasteiger partial charge >= 0.3 is 0 Å². The highest BCUT2D eigenvalue weighted by atomic mass is 35.5. The minimum Gasteiger partial charge on any atom is -0.384 e. The van der Waals surface area contributed by atoms with Crippen LogP contribution in [0, 0.1) is 0 Å². The van der Waals surface area contributed by atoms with Gasteiger partial charge in [0.25, 0.3) is 0 Å². The van der Waals surface area contributed by atoms with E-state index in [1.54, 1.807) is 23.5 Å². The highest BCUT2D eigenvalue weighted by molar-refractivity contribution is 7.89. The van der Waals surface area contributed by atoms with Gasteiger partial charge in [-0.05, 0) is 44.0 Å². The minimum absolute atomic E-state index is 0. The molecular formula is C15H25ClN2O3S. The zero-order chi connectivity index (χ0) is 15.3. The molecule has 0 aliphatic carbocycles. The van der Waals surface area contributed by atoms with Gasteiger partial charge < -0.3 is 10.1 Å². The van der Waals surface area contributed by atoms with Gasteiger partial charge in [0.2, 0.25) is 10.0 Å². The Morgan fingerprint density at radius 2 is 2.00 bits per heavy atom. The summed E-state index contributed by atoms with van der Waals surface area (Å²) in [6.07, 6.45) is 2.65. The molecule has 5 nitrogen and oxygen atoms in total. The maximum Gasteiger partial charge on any atom is 0.243 e. The summed E-state index contributed by atoms with van der Waals surface area (Å²) >= 11 is 0. The van der Waals surface area contributed by atoms with E-state index in [-0.39, 0.29) is 18.4 Å². The lowest BCUT2D eigenvalue weighted by molar-refractivity contribution is 0.202. The van der Waals surface area contributed by atoms with Crippen LogP contribution in [0.1, 0.15) is 18.4 Å². The topological polar surface area (TPSA) is 58.6 Å².